The number of aromatic nitrogens is 1. The number of hydrogen-bond donors (Lipinski definition) is 1. The summed E-state index contributed by atoms with van der Waals surface area (Å²) in [4.78, 5) is 19.1. The number of carboxylic acid groups (broad SMARTS) is 1. The number of anilines is 1. The van der Waals surface area contributed by atoms with Gasteiger partial charge in [-0.2, -0.15) is 0 Å². The molecular formula is C15H24N2O2S. The highest BCUT2D eigenvalue weighted by atomic mass is 32.1. The quantitative estimate of drug-likeness (QED) is 0.928. The van der Waals surface area contributed by atoms with Crippen LogP contribution >= 0.6 is 11.3 Å². The van der Waals surface area contributed by atoms with E-state index >= 15 is 0 Å². The molecule has 1 N–H and O–H groups in total. The molecule has 0 aliphatic carbocycles. The number of thiazole rings is 1. The summed E-state index contributed by atoms with van der Waals surface area (Å²) in [5.74, 6) is -0.776. The third-order valence-corrected chi connectivity index (χ3v) is 4.70. The van der Waals surface area contributed by atoms with Crippen LogP contribution in [0.15, 0.2) is 0 Å². The molecule has 0 unspecified atom stereocenters. The second-order valence-electron chi connectivity index (χ2n) is 6.49. The lowest BCUT2D eigenvalue weighted by Crippen LogP contribution is -2.24. The lowest BCUT2D eigenvalue weighted by atomic mass is 9.91. The Morgan fingerprint density at radius 1 is 1.25 bits per heavy atom. The maximum absolute atomic E-state index is 11.1. The first-order valence-electron chi connectivity index (χ1n) is 7.35. The number of nitrogens with zero attached hydrogens (tertiary/aromatic N) is 2. The molecule has 0 atom stereocenters. The predicted octanol–water partition coefficient (Wildman–Crippen LogP) is 3.45. The zero-order valence-corrected chi connectivity index (χ0v) is 13.4. The molecule has 1 saturated heterocycles. The Balaban J connectivity index is 2.29. The van der Waals surface area contributed by atoms with Crippen molar-refractivity contribution in [1.82, 2.24) is 4.98 Å². The number of carboxylic acids is 1. The van der Waals surface area contributed by atoms with Gasteiger partial charge in [0.05, 0.1) is 12.1 Å². The maximum atomic E-state index is 11.1. The smallest absolute Gasteiger partial charge is 0.308 e. The highest BCUT2D eigenvalue weighted by Gasteiger charge is 2.26. The summed E-state index contributed by atoms with van der Waals surface area (Å²) in [5, 5.41) is 10.1. The van der Waals surface area contributed by atoms with Crippen LogP contribution in [0.3, 0.4) is 0 Å². The first kappa shape index (κ1) is 15.3. The molecule has 20 heavy (non-hydrogen) atoms. The highest BCUT2D eigenvalue weighted by molar-refractivity contribution is 7.15. The fraction of sp³-hybridized carbons (Fsp3) is 0.733. The molecule has 1 aromatic heterocycles. The van der Waals surface area contributed by atoms with Crippen molar-refractivity contribution in [2.75, 3.05) is 18.0 Å². The molecule has 1 fully saturated rings. The minimum atomic E-state index is -0.776. The third-order valence-electron chi connectivity index (χ3n) is 3.58. The molecule has 0 radical (unpaired) electrons. The van der Waals surface area contributed by atoms with E-state index in [0.717, 1.165) is 28.8 Å². The van der Waals surface area contributed by atoms with Gasteiger partial charge in [0.1, 0.15) is 0 Å². The standard InChI is InChI=1S/C15H24N2O2S/c1-15(2,3)13-11(10-12(18)19)20-14(16-13)17-8-6-4-5-7-9-17/h4-10H2,1-3H3,(H,18,19). The van der Waals surface area contributed by atoms with E-state index in [4.69, 9.17) is 10.1 Å². The fourth-order valence-corrected chi connectivity index (χ4v) is 3.89. The maximum Gasteiger partial charge on any atom is 0.308 e. The molecule has 0 spiro atoms. The number of rotatable bonds is 3. The van der Waals surface area contributed by atoms with E-state index in [1.54, 1.807) is 11.3 Å². The summed E-state index contributed by atoms with van der Waals surface area (Å²) in [6.07, 6.45) is 5.07. The topological polar surface area (TPSA) is 53.4 Å². The van der Waals surface area contributed by atoms with E-state index in [2.05, 4.69) is 25.7 Å². The van der Waals surface area contributed by atoms with E-state index in [1.807, 2.05) is 0 Å². The molecular weight excluding hydrogens is 272 g/mol. The Labute approximate surface area is 124 Å². The van der Waals surface area contributed by atoms with E-state index in [1.165, 1.54) is 25.7 Å². The van der Waals surface area contributed by atoms with E-state index in [-0.39, 0.29) is 11.8 Å². The average Bonchev–Trinajstić information content (AvgIpc) is 2.59. The van der Waals surface area contributed by atoms with Crippen molar-refractivity contribution in [2.45, 2.75) is 58.3 Å². The van der Waals surface area contributed by atoms with Gasteiger partial charge in [-0.1, -0.05) is 33.6 Å². The molecule has 1 aliphatic rings. The van der Waals surface area contributed by atoms with Gasteiger partial charge in [-0.05, 0) is 12.8 Å². The molecule has 0 amide bonds. The normalized spacial score (nSPS) is 17.1. The van der Waals surface area contributed by atoms with Crippen LogP contribution in [0.4, 0.5) is 5.13 Å². The molecule has 2 heterocycles. The largest absolute Gasteiger partial charge is 0.481 e. The number of hydrogen-bond acceptors (Lipinski definition) is 4. The van der Waals surface area contributed by atoms with Crippen LogP contribution in [0.1, 0.15) is 57.0 Å². The summed E-state index contributed by atoms with van der Waals surface area (Å²) >= 11 is 1.56. The Bertz CT molecular complexity index is 469. The summed E-state index contributed by atoms with van der Waals surface area (Å²) in [5.41, 5.74) is 0.843. The summed E-state index contributed by atoms with van der Waals surface area (Å²) in [6, 6.07) is 0. The van der Waals surface area contributed by atoms with Crippen molar-refractivity contribution >= 4 is 22.4 Å². The summed E-state index contributed by atoms with van der Waals surface area (Å²) in [6.45, 7) is 8.38. The molecule has 0 bridgehead atoms. The molecule has 1 aliphatic heterocycles. The van der Waals surface area contributed by atoms with Gasteiger partial charge in [-0.3, -0.25) is 4.79 Å². The third kappa shape index (κ3) is 3.72. The Kier molecular flexibility index (Phi) is 4.68. The van der Waals surface area contributed by atoms with Crippen LogP contribution < -0.4 is 4.90 Å². The molecule has 5 heteroatoms. The van der Waals surface area contributed by atoms with Crippen LogP contribution in [0, 0.1) is 0 Å². The van der Waals surface area contributed by atoms with Crippen molar-refractivity contribution in [3.63, 3.8) is 0 Å². The van der Waals surface area contributed by atoms with Crippen molar-refractivity contribution < 1.29 is 9.90 Å². The minimum absolute atomic E-state index is 0.0815. The lowest BCUT2D eigenvalue weighted by molar-refractivity contribution is -0.136. The van der Waals surface area contributed by atoms with Crippen LogP contribution in [0.5, 0.6) is 0 Å². The number of carbonyl (C=O) groups is 1. The number of aliphatic carboxylic acids is 1. The molecule has 2 rings (SSSR count). The summed E-state index contributed by atoms with van der Waals surface area (Å²) < 4.78 is 0. The highest BCUT2D eigenvalue weighted by Crippen LogP contribution is 2.35. The van der Waals surface area contributed by atoms with Gasteiger partial charge in [-0.15, -0.1) is 11.3 Å². The molecule has 1 aromatic rings. The van der Waals surface area contributed by atoms with Crippen molar-refractivity contribution in [3.05, 3.63) is 10.6 Å². The second kappa shape index (κ2) is 6.12. The van der Waals surface area contributed by atoms with Crippen LogP contribution in [0.2, 0.25) is 0 Å². The molecule has 0 saturated carbocycles. The van der Waals surface area contributed by atoms with Crippen LogP contribution in [-0.4, -0.2) is 29.1 Å². The van der Waals surface area contributed by atoms with Gasteiger partial charge < -0.3 is 10.0 Å². The van der Waals surface area contributed by atoms with E-state index in [0.29, 0.717) is 0 Å². The molecule has 112 valence electrons. The monoisotopic (exact) mass is 296 g/mol. The van der Waals surface area contributed by atoms with E-state index in [9.17, 15) is 4.79 Å². The van der Waals surface area contributed by atoms with Crippen molar-refractivity contribution in [2.24, 2.45) is 0 Å². The van der Waals surface area contributed by atoms with Gasteiger partial charge in [0.2, 0.25) is 0 Å². The van der Waals surface area contributed by atoms with Crippen molar-refractivity contribution in [1.29, 1.82) is 0 Å². The first-order chi connectivity index (χ1) is 9.38. The lowest BCUT2D eigenvalue weighted by Gasteiger charge is -2.20. The Morgan fingerprint density at radius 2 is 1.85 bits per heavy atom. The van der Waals surface area contributed by atoms with Gasteiger partial charge >= 0.3 is 5.97 Å². The zero-order chi connectivity index (χ0) is 14.8. The van der Waals surface area contributed by atoms with Crippen molar-refractivity contribution in [3.8, 4) is 0 Å². The fourth-order valence-electron chi connectivity index (χ4n) is 2.58. The minimum Gasteiger partial charge on any atom is -0.481 e. The molecule has 4 nitrogen and oxygen atoms in total. The second-order valence-corrected chi connectivity index (χ2v) is 7.55. The SMILES string of the molecule is CC(C)(C)c1nc(N2CCCCCC2)sc1CC(=O)O. The van der Waals surface area contributed by atoms with Gasteiger partial charge in [0, 0.05) is 23.4 Å². The predicted molar refractivity (Wildman–Crippen MR) is 82.8 cm³/mol. The average molecular weight is 296 g/mol. The Morgan fingerprint density at radius 3 is 2.35 bits per heavy atom. The zero-order valence-electron chi connectivity index (χ0n) is 12.6. The van der Waals surface area contributed by atoms with Gasteiger partial charge in [0.25, 0.3) is 0 Å². The Hall–Kier alpha value is -1.10. The van der Waals surface area contributed by atoms with Gasteiger partial charge in [0.15, 0.2) is 5.13 Å². The van der Waals surface area contributed by atoms with Crippen LogP contribution in [0.25, 0.3) is 0 Å². The first-order valence-corrected chi connectivity index (χ1v) is 8.16. The van der Waals surface area contributed by atoms with Crippen LogP contribution in [-0.2, 0) is 16.6 Å². The molecule has 0 aromatic carbocycles. The summed E-state index contributed by atoms with van der Waals surface area (Å²) in [7, 11) is 0. The van der Waals surface area contributed by atoms with E-state index < -0.39 is 5.97 Å². The van der Waals surface area contributed by atoms with Gasteiger partial charge in [-0.25, -0.2) is 4.98 Å².